The third-order valence-corrected chi connectivity index (χ3v) is 5.82. The van der Waals surface area contributed by atoms with Crippen molar-refractivity contribution in [2.75, 3.05) is 5.01 Å². The molecule has 0 saturated heterocycles. The summed E-state index contributed by atoms with van der Waals surface area (Å²) in [4.78, 5) is 15.6. The molecule has 1 aliphatic rings. The zero-order chi connectivity index (χ0) is 22.3. The van der Waals surface area contributed by atoms with Crippen molar-refractivity contribution in [1.29, 1.82) is 0 Å². The third kappa shape index (κ3) is 4.05. The summed E-state index contributed by atoms with van der Waals surface area (Å²) in [5, 5.41) is 6.48. The van der Waals surface area contributed by atoms with Crippen molar-refractivity contribution in [1.82, 2.24) is 4.98 Å². The second kappa shape index (κ2) is 7.80. The van der Waals surface area contributed by atoms with Crippen molar-refractivity contribution in [3.63, 3.8) is 0 Å². The van der Waals surface area contributed by atoms with Crippen LogP contribution in [0.25, 0.3) is 0 Å². The van der Waals surface area contributed by atoms with E-state index in [1.807, 2.05) is 19.9 Å². The van der Waals surface area contributed by atoms with E-state index in [9.17, 15) is 9.18 Å². The van der Waals surface area contributed by atoms with Gasteiger partial charge in [0.15, 0.2) is 0 Å². The Morgan fingerprint density at radius 1 is 1.06 bits per heavy atom. The van der Waals surface area contributed by atoms with Crippen LogP contribution in [0, 0.1) is 19.7 Å². The molecule has 1 N–H and O–H groups in total. The van der Waals surface area contributed by atoms with Gasteiger partial charge in [-0.05, 0) is 54.2 Å². The Balaban J connectivity index is 1.81. The van der Waals surface area contributed by atoms with E-state index in [4.69, 9.17) is 5.10 Å². The number of para-hydroxylation sites is 1. The average Bonchev–Trinajstić information content (AvgIpc) is 3.11. The SMILES string of the molecule is Cc1cc(C)c(C2=NN(c3ccccc3F)C(c3ccc(C(C)(C)C)cc3)C2)c(=O)[nH]1. The zero-order valence-corrected chi connectivity index (χ0v) is 18.7. The standard InChI is InChI=1S/C26H28FN3O/c1-16-14-17(2)28-25(31)24(16)21-15-23(18-10-12-19(13-11-18)26(3,4)5)30(29-21)22-9-7-6-8-20(22)27/h6-14,23H,15H2,1-5H3,(H,28,31). The maximum atomic E-state index is 14.7. The average molecular weight is 418 g/mol. The third-order valence-electron chi connectivity index (χ3n) is 5.82. The number of H-pyrrole nitrogens is 1. The Morgan fingerprint density at radius 3 is 2.35 bits per heavy atom. The number of aryl methyl sites for hydroxylation is 2. The van der Waals surface area contributed by atoms with Crippen LogP contribution < -0.4 is 10.6 Å². The molecule has 0 radical (unpaired) electrons. The number of halogens is 1. The van der Waals surface area contributed by atoms with Gasteiger partial charge in [0.25, 0.3) is 5.56 Å². The monoisotopic (exact) mass is 417 g/mol. The molecule has 0 saturated carbocycles. The number of nitrogens with one attached hydrogen (secondary N) is 1. The first-order chi connectivity index (χ1) is 14.6. The van der Waals surface area contributed by atoms with Gasteiger partial charge in [-0.25, -0.2) is 4.39 Å². The number of rotatable bonds is 3. The normalized spacial score (nSPS) is 16.5. The number of hydrogen-bond donors (Lipinski definition) is 1. The first-order valence-electron chi connectivity index (χ1n) is 10.6. The van der Waals surface area contributed by atoms with Crippen LogP contribution in [0.3, 0.4) is 0 Å². The van der Waals surface area contributed by atoms with E-state index in [0.29, 0.717) is 23.4 Å². The van der Waals surface area contributed by atoms with Gasteiger partial charge in [0.2, 0.25) is 0 Å². The molecule has 0 fully saturated rings. The summed E-state index contributed by atoms with van der Waals surface area (Å²) in [6.07, 6.45) is 0.524. The molecule has 0 bridgehead atoms. The van der Waals surface area contributed by atoms with Crippen molar-refractivity contribution < 1.29 is 4.39 Å². The summed E-state index contributed by atoms with van der Waals surface area (Å²) in [5.41, 5.74) is 5.50. The molecular formula is C26H28FN3O. The topological polar surface area (TPSA) is 48.5 Å². The molecule has 1 unspecified atom stereocenters. The van der Waals surface area contributed by atoms with Crippen LogP contribution in [0.15, 0.2) is 64.5 Å². The van der Waals surface area contributed by atoms with E-state index in [1.54, 1.807) is 23.2 Å². The van der Waals surface area contributed by atoms with Gasteiger partial charge in [-0.1, -0.05) is 57.2 Å². The Hall–Kier alpha value is -3.21. The molecule has 2 heterocycles. The zero-order valence-electron chi connectivity index (χ0n) is 18.7. The molecule has 0 amide bonds. The number of hydrazone groups is 1. The van der Waals surface area contributed by atoms with Crippen molar-refractivity contribution in [2.24, 2.45) is 5.10 Å². The fraction of sp³-hybridized carbons (Fsp3) is 0.308. The van der Waals surface area contributed by atoms with Crippen molar-refractivity contribution in [2.45, 2.75) is 52.5 Å². The molecule has 4 rings (SSSR count). The number of nitrogens with zero attached hydrogens (tertiary/aromatic N) is 2. The first-order valence-corrected chi connectivity index (χ1v) is 10.6. The predicted octanol–water partition coefficient (Wildman–Crippen LogP) is 5.78. The number of anilines is 1. The molecule has 0 spiro atoms. The molecule has 1 atom stereocenters. The summed E-state index contributed by atoms with van der Waals surface area (Å²) in [6.45, 7) is 10.3. The molecule has 4 nitrogen and oxygen atoms in total. The van der Waals surface area contributed by atoms with Gasteiger partial charge in [-0.2, -0.15) is 5.10 Å². The minimum atomic E-state index is -0.335. The smallest absolute Gasteiger partial charge is 0.257 e. The lowest BCUT2D eigenvalue weighted by atomic mass is 9.86. The van der Waals surface area contributed by atoms with Gasteiger partial charge in [-0.3, -0.25) is 9.80 Å². The number of pyridine rings is 1. The highest BCUT2D eigenvalue weighted by atomic mass is 19.1. The van der Waals surface area contributed by atoms with Gasteiger partial charge in [-0.15, -0.1) is 0 Å². The van der Waals surface area contributed by atoms with E-state index >= 15 is 0 Å². The lowest BCUT2D eigenvalue weighted by Crippen LogP contribution is -2.21. The van der Waals surface area contributed by atoms with Crippen LogP contribution in [-0.4, -0.2) is 10.7 Å². The van der Waals surface area contributed by atoms with Crippen molar-refractivity contribution in [3.8, 4) is 0 Å². The molecule has 1 aromatic heterocycles. The fourth-order valence-corrected chi connectivity index (χ4v) is 4.20. The van der Waals surface area contributed by atoms with Gasteiger partial charge in [0, 0.05) is 12.1 Å². The molecule has 31 heavy (non-hydrogen) atoms. The van der Waals surface area contributed by atoms with Crippen LogP contribution in [0.1, 0.15) is 61.2 Å². The second-order valence-corrected chi connectivity index (χ2v) is 9.27. The van der Waals surface area contributed by atoms with Crippen molar-refractivity contribution in [3.05, 3.63) is 98.7 Å². The molecule has 2 aromatic carbocycles. The van der Waals surface area contributed by atoms with Gasteiger partial charge >= 0.3 is 0 Å². The Kier molecular flexibility index (Phi) is 5.29. The molecule has 0 aliphatic carbocycles. The van der Waals surface area contributed by atoms with Crippen LogP contribution in [0.2, 0.25) is 0 Å². The van der Waals surface area contributed by atoms with E-state index < -0.39 is 0 Å². The summed E-state index contributed by atoms with van der Waals surface area (Å²) in [5.74, 6) is -0.335. The lowest BCUT2D eigenvalue weighted by molar-refractivity contribution is 0.588. The largest absolute Gasteiger partial charge is 0.326 e. The first kappa shape index (κ1) is 21.0. The lowest BCUT2D eigenvalue weighted by Gasteiger charge is -2.25. The van der Waals surface area contributed by atoms with Crippen LogP contribution in [0.4, 0.5) is 10.1 Å². The highest BCUT2D eigenvalue weighted by Gasteiger charge is 2.33. The molecule has 160 valence electrons. The van der Waals surface area contributed by atoms with E-state index in [0.717, 1.165) is 16.8 Å². The molecular weight excluding hydrogens is 389 g/mol. The minimum absolute atomic E-state index is 0.0490. The highest BCUT2D eigenvalue weighted by Crippen LogP contribution is 2.38. The number of aromatic amines is 1. The van der Waals surface area contributed by atoms with Crippen LogP contribution in [0.5, 0.6) is 0 Å². The molecule has 5 heteroatoms. The quantitative estimate of drug-likeness (QED) is 0.587. The fourth-order valence-electron chi connectivity index (χ4n) is 4.20. The number of hydrogen-bond acceptors (Lipinski definition) is 3. The summed E-state index contributed by atoms with van der Waals surface area (Å²) in [6, 6.07) is 16.8. The van der Waals surface area contributed by atoms with Gasteiger partial charge < -0.3 is 4.98 Å². The van der Waals surface area contributed by atoms with Crippen LogP contribution >= 0.6 is 0 Å². The van der Waals surface area contributed by atoms with Crippen LogP contribution in [-0.2, 0) is 5.41 Å². The van der Waals surface area contributed by atoms with E-state index in [-0.39, 0.29) is 22.8 Å². The van der Waals surface area contributed by atoms with Crippen molar-refractivity contribution >= 4 is 11.4 Å². The second-order valence-electron chi connectivity index (χ2n) is 9.27. The summed E-state index contributed by atoms with van der Waals surface area (Å²) >= 11 is 0. The Morgan fingerprint density at radius 2 is 1.74 bits per heavy atom. The predicted molar refractivity (Wildman–Crippen MR) is 124 cm³/mol. The maximum absolute atomic E-state index is 14.7. The molecule has 3 aromatic rings. The summed E-state index contributed by atoms with van der Waals surface area (Å²) < 4.78 is 14.7. The molecule has 1 aliphatic heterocycles. The Labute approximate surface area is 182 Å². The summed E-state index contributed by atoms with van der Waals surface area (Å²) in [7, 11) is 0. The van der Waals surface area contributed by atoms with E-state index in [2.05, 4.69) is 50.0 Å². The maximum Gasteiger partial charge on any atom is 0.257 e. The highest BCUT2D eigenvalue weighted by molar-refractivity contribution is 6.04. The minimum Gasteiger partial charge on any atom is -0.326 e. The number of benzene rings is 2. The Bertz CT molecular complexity index is 1200. The van der Waals surface area contributed by atoms with E-state index in [1.165, 1.54) is 11.6 Å². The number of aromatic nitrogens is 1. The van der Waals surface area contributed by atoms with Gasteiger partial charge in [0.05, 0.1) is 23.0 Å². The van der Waals surface area contributed by atoms with Gasteiger partial charge in [0.1, 0.15) is 5.82 Å².